The summed E-state index contributed by atoms with van der Waals surface area (Å²) >= 11 is 0. The first-order chi connectivity index (χ1) is 65.0. The highest BCUT2D eigenvalue weighted by Crippen LogP contribution is 2.61. The summed E-state index contributed by atoms with van der Waals surface area (Å²) in [7, 11) is -1.59. The number of unbranched alkanes of at least 4 members (excludes halogenated alkanes) is 45. The molecule has 2 aliphatic heterocycles. The minimum absolute atomic E-state index is 0.151. The third-order valence-electron chi connectivity index (χ3n) is 26.1. The van der Waals surface area contributed by atoms with E-state index in [1.54, 1.807) is 26.4 Å². The molecule has 4 heterocycles. The van der Waals surface area contributed by atoms with Crippen LogP contribution >= 0.6 is 7.60 Å². The molecule has 0 aliphatic carbocycles. The first-order valence-electron chi connectivity index (χ1n) is 51.6. The number of rotatable bonds is 76. The second kappa shape index (κ2) is 64.7. The van der Waals surface area contributed by atoms with E-state index in [1.807, 2.05) is 84.9 Å². The average Bonchev–Trinajstić information content (AvgIpc) is 1.74. The van der Waals surface area contributed by atoms with Crippen molar-refractivity contribution in [3.8, 4) is 34.8 Å². The lowest BCUT2D eigenvalue weighted by molar-refractivity contribution is -0.153. The number of aromatic nitrogens is 4. The number of methoxy groups -OCH3 is 2. The van der Waals surface area contributed by atoms with Crippen LogP contribution in [0, 0.1) is 25.2 Å². The fourth-order valence-corrected chi connectivity index (χ4v) is 20.3. The standard InChI is InChI=1S/C108H164N5O19P/c1-8-11-14-17-20-23-26-29-32-35-38-41-44-47-50-56-72-123-94-77-87(78-95(124-73-57-51-48-45-42-39-36-33-30-27-24-21-18-15-12-9-2)102(94)125-74-58-52-49-46-43-40-37-34-31-28-25-22-19-16-13-10-3)105(117)126-76-70-101(114)132-93-79-99(112-81-85(4)103(115)110-106(112)118)130-96(93)84-129-133(120,128-75-59-71-109)98-80-100(113-82-86(5)104(116)111-107(113)119)131-97(98)83-127-108(88-60-54-53-55-61-88,89-62-66-91(121-6)67-63-89)90-64-68-92(122-7)69-65-90/h53-55,60-69,77-78,81-82,93,96-100H,8-52,56-59,70,72-76,79-80,83-84H2,1-7H3,(H,110,115,118)(H,111,116,119)/t93-,96+,97+,98-,99+,100+,133?/m0/s1. The number of hydrogen-bond acceptors (Lipinski definition) is 20. The van der Waals surface area contributed by atoms with E-state index < -0.39 is 110 Å². The molecule has 2 fully saturated rings. The van der Waals surface area contributed by atoms with E-state index in [-0.39, 0.29) is 42.6 Å². The normalized spacial score (nSPS) is 16.5. The van der Waals surface area contributed by atoms with Gasteiger partial charge in [-0.25, -0.2) is 14.4 Å². The third kappa shape index (κ3) is 39.0. The topological polar surface area (TPSA) is 295 Å². The zero-order valence-electron chi connectivity index (χ0n) is 82.0. The summed E-state index contributed by atoms with van der Waals surface area (Å²) in [4.78, 5) is 87.1. The highest BCUT2D eigenvalue weighted by atomic mass is 31.2. The van der Waals surface area contributed by atoms with Gasteiger partial charge in [0, 0.05) is 36.4 Å². The summed E-state index contributed by atoms with van der Waals surface area (Å²) in [5.74, 6) is 0.831. The number of aryl methyl sites for hydroxylation is 2. The van der Waals surface area contributed by atoms with Gasteiger partial charge in [0.15, 0.2) is 11.5 Å². The van der Waals surface area contributed by atoms with Crippen molar-refractivity contribution in [1.29, 1.82) is 5.26 Å². The molecule has 6 aromatic rings. The maximum Gasteiger partial charge on any atom is 0.338 e. The second-order valence-corrected chi connectivity index (χ2v) is 39.1. The highest BCUT2D eigenvalue weighted by Gasteiger charge is 2.53. The fourth-order valence-electron chi connectivity index (χ4n) is 18.1. The number of ether oxygens (including phenoxy) is 10. The number of esters is 2. The van der Waals surface area contributed by atoms with Crippen molar-refractivity contribution >= 4 is 19.5 Å². The van der Waals surface area contributed by atoms with Gasteiger partial charge >= 0.3 is 30.9 Å². The molecule has 0 amide bonds. The number of H-pyrrole nitrogens is 2. The summed E-state index contributed by atoms with van der Waals surface area (Å²) in [6, 6.07) is 29.5. The van der Waals surface area contributed by atoms with Crippen LogP contribution in [0.25, 0.3) is 0 Å². The smallest absolute Gasteiger partial charge is 0.338 e. The van der Waals surface area contributed by atoms with Crippen LogP contribution in [-0.4, -0.2) is 115 Å². The quantitative estimate of drug-likeness (QED) is 0.0155. The van der Waals surface area contributed by atoms with Crippen molar-refractivity contribution in [1.82, 2.24) is 19.1 Å². The number of hydrogen-bond donors (Lipinski definition) is 2. The Balaban J connectivity index is 0.994. The lowest BCUT2D eigenvalue weighted by Crippen LogP contribution is -2.39. The Hall–Kier alpha value is -8.30. The van der Waals surface area contributed by atoms with E-state index in [4.69, 9.17) is 56.4 Å². The van der Waals surface area contributed by atoms with Crippen molar-refractivity contribution in [2.75, 3.05) is 60.5 Å². The Morgan fingerprint density at radius 1 is 0.451 bits per heavy atom. The van der Waals surface area contributed by atoms with Gasteiger partial charge in [0.1, 0.15) is 48.4 Å². The Morgan fingerprint density at radius 2 is 0.820 bits per heavy atom. The van der Waals surface area contributed by atoms with Crippen LogP contribution in [0.3, 0.4) is 0 Å². The monoisotopic (exact) mass is 1870 g/mol. The van der Waals surface area contributed by atoms with Crippen LogP contribution in [0.1, 0.15) is 405 Å². The summed E-state index contributed by atoms with van der Waals surface area (Å²) < 4.78 is 96.0. The maximum absolute atomic E-state index is 16.4. The molecular formula is C108H164N5O19P. The molecule has 25 heteroatoms. The van der Waals surface area contributed by atoms with Crippen LogP contribution in [0.15, 0.2) is 123 Å². The molecule has 740 valence electrons. The Bertz CT molecular complexity index is 4440. The largest absolute Gasteiger partial charge is 0.497 e. The number of nitriles is 1. The van der Waals surface area contributed by atoms with Crippen LogP contribution < -0.4 is 46.2 Å². The second-order valence-electron chi connectivity index (χ2n) is 36.8. The number of benzene rings is 4. The third-order valence-corrected chi connectivity index (χ3v) is 28.5. The van der Waals surface area contributed by atoms with Gasteiger partial charge in [0.05, 0.1) is 90.1 Å². The van der Waals surface area contributed by atoms with E-state index in [9.17, 15) is 34.0 Å². The molecule has 0 saturated carbocycles. The highest BCUT2D eigenvalue weighted by molar-refractivity contribution is 7.54. The molecular weight excluding hydrogens is 1700 g/mol. The number of carbonyl (C=O) groups excluding carboxylic acids is 2. The first kappa shape index (κ1) is 110. The number of carbonyl (C=O) groups is 2. The van der Waals surface area contributed by atoms with E-state index in [1.165, 1.54) is 281 Å². The summed E-state index contributed by atoms with van der Waals surface area (Å²) in [5, 5.41) is 9.97. The molecule has 0 radical (unpaired) electrons. The number of aromatic amines is 2. The van der Waals surface area contributed by atoms with E-state index in [2.05, 4.69) is 30.7 Å². The molecule has 4 aromatic carbocycles. The van der Waals surface area contributed by atoms with Crippen LogP contribution in [0.5, 0.6) is 28.7 Å². The molecule has 2 N–H and O–H groups in total. The van der Waals surface area contributed by atoms with Crippen molar-refractivity contribution in [3.63, 3.8) is 0 Å². The van der Waals surface area contributed by atoms with Gasteiger partial charge in [-0.05, 0) is 86.2 Å². The van der Waals surface area contributed by atoms with Gasteiger partial charge < -0.3 is 56.4 Å². The molecule has 0 spiro atoms. The summed E-state index contributed by atoms with van der Waals surface area (Å²) in [6.45, 7) is 9.29. The fraction of sp³-hybridized carbons (Fsp3) is 0.676. The van der Waals surface area contributed by atoms with Crippen molar-refractivity contribution < 1.29 is 70.6 Å². The minimum atomic E-state index is -4.72. The summed E-state index contributed by atoms with van der Waals surface area (Å²) in [6.07, 6.45) is 55.3. The van der Waals surface area contributed by atoms with Crippen molar-refractivity contribution in [2.45, 2.75) is 411 Å². The van der Waals surface area contributed by atoms with Gasteiger partial charge in [-0.1, -0.05) is 364 Å². The molecule has 2 aromatic heterocycles. The molecule has 2 saturated heterocycles. The van der Waals surface area contributed by atoms with Crippen molar-refractivity contribution in [2.24, 2.45) is 0 Å². The van der Waals surface area contributed by atoms with E-state index in [0.29, 0.717) is 65.3 Å². The molecule has 24 nitrogen and oxygen atoms in total. The molecule has 8 rings (SSSR count). The lowest BCUT2D eigenvalue weighted by atomic mass is 9.80. The van der Waals surface area contributed by atoms with E-state index >= 15 is 4.57 Å². The number of nitrogens with one attached hydrogen (secondary N) is 2. The maximum atomic E-state index is 16.4. The van der Waals surface area contributed by atoms with Crippen LogP contribution in [-0.2, 0) is 47.7 Å². The Kier molecular flexibility index (Phi) is 53.5. The molecule has 0 bridgehead atoms. The first-order valence-corrected chi connectivity index (χ1v) is 53.2. The minimum Gasteiger partial charge on any atom is -0.497 e. The molecule has 133 heavy (non-hydrogen) atoms. The molecule has 1 unspecified atom stereocenters. The summed E-state index contributed by atoms with van der Waals surface area (Å²) in [5.41, 5.74) is -3.09. The van der Waals surface area contributed by atoms with Gasteiger partial charge in [-0.3, -0.25) is 38.1 Å². The van der Waals surface area contributed by atoms with Gasteiger partial charge in [0.25, 0.3) is 11.1 Å². The van der Waals surface area contributed by atoms with Crippen molar-refractivity contribution in [3.05, 3.63) is 178 Å². The average molecular weight is 1870 g/mol. The lowest BCUT2D eigenvalue weighted by Gasteiger charge is -2.37. The molecule has 2 aliphatic rings. The van der Waals surface area contributed by atoms with E-state index in [0.717, 1.165) is 62.4 Å². The predicted octanol–water partition coefficient (Wildman–Crippen LogP) is 25.9. The number of nitrogens with zero attached hydrogens (tertiary/aromatic N) is 3. The van der Waals surface area contributed by atoms with Crippen LogP contribution in [0.2, 0.25) is 0 Å². The molecule has 7 atom stereocenters. The Labute approximate surface area is 794 Å². The van der Waals surface area contributed by atoms with Crippen LogP contribution in [0.4, 0.5) is 0 Å². The van der Waals surface area contributed by atoms with Gasteiger partial charge in [0.2, 0.25) is 5.75 Å². The Morgan fingerprint density at radius 3 is 1.21 bits per heavy atom. The van der Waals surface area contributed by atoms with Gasteiger partial charge in [-0.15, -0.1) is 0 Å². The zero-order valence-corrected chi connectivity index (χ0v) is 82.9. The van der Waals surface area contributed by atoms with Gasteiger partial charge in [-0.2, -0.15) is 5.26 Å². The zero-order chi connectivity index (χ0) is 94.8. The predicted molar refractivity (Wildman–Crippen MR) is 527 cm³/mol. The SMILES string of the molecule is CCCCCCCCCCCCCCCCCCOc1cc(C(=O)OCCC(=O)O[C@H]2C[C@H](n3cc(C)c(=O)[nH]c3=O)O[C@@H]2COP(=O)(OCCC#N)[C@H]2C[C@H](n3cc(C)c(=O)[nH]c3=O)O[C@@H]2COC(c2ccccc2)(c2ccc(OC)cc2)c2ccc(OC)cc2)cc(OCCCCCCCCCCCCCCCCCC)c1OCCCCCCCCCCCCCCCCCC.